The van der Waals surface area contributed by atoms with Gasteiger partial charge in [0.25, 0.3) is 0 Å². The molecule has 0 spiro atoms. The van der Waals surface area contributed by atoms with Crippen molar-refractivity contribution in [1.29, 1.82) is 0 Å². The molecule has 1 aromatic carbocycles. The second-order valence-corrected chi connectivity index (χ2v) is 6.81. The summed E-state index contributed by atoms with van der Waals surface area (Å²) in [6, 6.07) is 7.66. The SMILES string of the molecule is CC(N)(C(=O)NC1CC2CCC1O2)c1ccc(Br)cc1. The van der Waals surface area contributed by atoms with Crippen LogP contribution in [-0.4, -0.2) is 24.2 Å². The topological polar surface area (TPSA) is 64.4 Å². The van der Waals surface area contributed by atoms with Gasteiger partial charge in [0.1, 0.15) is 5.54 Å². The van der Waals surface area contributed by atoms with Crippen molar-refractivity contribution in [1.82, 2.24) is 5.32 Å². The molecule has 2 heterocycles. The van der Waals surface area contributed by atoms with Gasteiger partial charge in [-0.1, -0.05) is 28.1 Å². The summed E-state index contributed by atoms with van der Waals surface area (Å²) in [6.45, 7) is 1.75. The third-order valence-electron chi connectivity index (χ3n) is 4.34. The zero-order chi connectivity index (χ0) is 14.3. The molecule has 0 radical (unpaired) electrons. The van der Waals surface area contributed by atoms with Crippen LogP contribution in [-0.2, 0) is 15.1 Å². The number of fused-ring (bicyclic) bond motifs is 2. The van der Waals surface area contributed by atoms with E-state index >= 15 is 0 Å². The minimum Gasteiger partial charge on any atom is -0.373 e. The summed E-state index contributed by atoms with van der Waals surface area (Å²) in [7, 11) is 0. The molecule has 1 aromatic rings. The van der Waals surface area contributed by atoms with Gasteiger partial charge in [-0.15, -0.1) is 0 Å². The molecule has 2 bridgehead atoms. The maximum Gasteiger partial charge on any atom is 0.244 e. The Morgan fingerprint density at radius 1 is 1.40 bits per heavy atom. The van der Waals surface area contributed by atoms with Crippen LogP contribution in [0.25, 0.3) is 0 Å². The van der Waals surface area contributed by atoms with Gasteiger partial charge in [-0.2, -0.15) is 0 Å². The van der Waals surface area contributed by atoms with Crippen LogP contribution in [0.4, 0.5) is 0 Å². The average molecular weight is 339 g/mol. The molecule has 5 heteroatoms. The fourth-order valence-electron chi connectivity index (χ4n) is 3.04. The normalized spacial score (nSPS) is 31.1. The second kappa shape index (κ2) is 5.13. The molecule has 4 nitrogen and oxygen atoms in total. The molecule has 4 atom stereocenters. The van der Waals surface area contributed by atoms with E-state index in [1.54, 1.807) is 6.92 Å². The predicted molar refractivity (Wildman–Crippen MR) is 80.1 cm³/mol. The number of benzene rings is 1. The number of halogens is 1. The van der Waals surface area contributed by atoms with E-state index in [1.165, 1.54) is 0 Å². The molecule has 2 fully saturated rings. The van der Waals surface area contributed by atoms with E-state index in [4.69, 9.17) is 10.5 Å². The first kappa shape index (κ1) is 14.0. The Balaban J connectivity index is 1.70. The van der Waals surface area contributed by atoms with Crippen molar-refractivity contribution in [3.8, 4) is 0 Å². The van der Waals surface area contributed by atoms with Gasteiger partial charge in [0, 0.05) is 4.47 Å². The van der Waals surface area contributed by atoms with Gasteiger partial charge >= 0.3 is 0 Å². The average Bonchev–Trinajstić information content (AvgIpc) is 3.01. The number of hydrogen-bond acceptors (Lipinski definition) is 3. The van der Waals surface area contributed by atoms with Crippen LogP contribution in [0.1, 0.15) is 31.7 Å². The smallest absolute Gasteiger partial charge is 0.244 e. The quantitative estimate of drug-likeness (QED) is 0.886. The Hall–Kier alpha value is -0.910. The summed E-state index contributed by atoms with van der Waals surface area (Å²) in [5.41, 5.74) is 6.02. The highest BCUT2D eigenvalue weighted by Crippen LogP contribution is 2.34. The predicted octanol–water partition coefficient (Wildman–Crippen LogP) is 2.06. The summed E-state index contributed by atoms with van der Waals surface area (Å²) in [4.78, 5) is 12.5. The van der Waals surface area contributed by atoms with Crippen molar-refractivity contribution in [2.75, 3.05) is 0 Å². The lowest BCUT2D eigenvalue weighted by atomic mass is 9.90. The van der Waals surface area contributed by atoms with Crippen LogP contribution in [0.3, 0.4) is 0 Å². The molecule has 20 heavy (non-hydrogen) atoms. The zero-order valence-corrected chi connectivity index (χ0v) is 13.0. The van der Waals surface area contributed by atoms with Crippen LogP contribution in [0.2, 0.25) is 0 Å². The Bertz CT molecular complexity index is 515. The molecule has 108 valence electrons. The summed E-state index contributed by atoms with van der Waals surface area (Å²) in [5, 5.41) is 3.06. The van der Waals surface area contributed by atoms with Crippen molar-refractivity contribution in [3.05, 3.63) is 34.3 Å². The molecular formula is C15H19BrN2O2. The summed E-state index contributed by atoms with van der Waals surface area (Å²) >= 11 is 3.38. The molecule has 2 saturated heterocycles. The van der Waals surface area contributed by atoms with Crippen molar-refractivity contribution in [2.45, 2.75) is 50.0 Å². The van der Waals surface area contributed by atoms with Gasteiger partial charge < -0.3 is 15.8 Å². The highest BCUT2D eigenvalue weighted by molar-refractivity contribution is 9.10. The molecule has 3 rings (SSSR count). The number of carbonyl (C=O) groups is 1. The first-order valence-electron chi connectivity index (χ1n) is 6.98. The van der Waals surface area contributed by atoms with E-state index in [-0.39, 0.29) is 18.1 Å². The maximum absolute atomic E-state index is 12.5. The van der Waals surface area contributed by atoms with Gasteiger partial charge in [0.2, 0.25) is 5.91 Å². The molecule has 3 N–H and O–H groups in total. The molecule has 1 amide bonds. The highest BCUT2D eigenvalue weighted by atomic mass is 79.9. The molecule has 2 aliphatic heterocycles. The third-order valence-corrected chi connectivity index (χ3v) is 4.87. The van der Waals surface area contributed by atoms with E-state index < -0.39 is 5.54 Å². The van der Waals surface area contributed by atoms with Crippen molar-refractivity contribution in [2.24, 2.45) is 5.73 Å². The van der Waals surface area contributed by atoms with Gasteiger partial charge in [-0.05, 0) is 43.9 Å². The minimum atomic E-state index is -1.03. The standard InChI is InChI=1S/C15H19BrN2O2/c1-15(17,9-2-4-10(16)5-3-9)14(19)18-12-8-11-6-7-13(12)20-11/h2-5,11-13H,6-8,17H2,1H3,(H,18,19). The van der Waals surface area contributed by atoms with Gasteiger partial charge in [0.15, 0.2) is 0 Å². The summed E-state index contributed by atoms with van der Waals surface area (Å²) in [6.07, 6.45) is 3.55. The third kappa shape index (κ3) is 2.50. The number of ether oxygens (including phenoxy) is 1. The summed E-state index contributed by atoms with van der Waals surface area (Å²) in [5.74, 6) is -0.138. The van der Waals surface area contributed by atoms with Gasteiger partial charge in [0.05, 0.1) is 18.2 Å². The second-order valence-electron chi connectivity index (χ2n) is 5.90. The number of carbonyl (C=O) groups excluding carboxylic acids is 1. The lowest BCUT2D eigenvalue weighted by Gasteiger charge is -2.28. The van der Waals surface area contributed by atoms with E-state index in [2.05, 4.69) is 21.2 Å². The van der Waals surface area contributed by atoms with Crippen molar-refractivity contribution in [3.63, 3.8) is 0 Å². The summed E-state index contributed by atoms with van der Waals surface area (Å²) < 4.78 is 6.73. The first-order chi connectivity index (χ1) is 9.46. The van der Waals surface area contributed by atoms with Crippen LogP contribution in [0, 0.1) is 0 Å². The lowest BCUT2D eigenvalue weighted by molar-refractivity contribution is -0.127. The Morgan fingerprint density at radius 2 is 2.10 bits per heavy atom. The molecule has 2 aliphatic rings. The van der Waals surface area contributed by atoms with Crippen LogP contribution >= 0.6 is 15.9 Å². The largest absolute Gasteiger partial charge is 0.373 e. The number of hydrogen-bond donors (Lipinski definition) is 2. The zero-order valence-electron chi connectivity index (χ0n) is 11.4. The molecule has 4 unspecified atom stereocenters. The van der Waals surface area contributed by atoms with Crippen molar-refractivity contribution >= 4 is 21.8 Å². The minimum absolute atomic E-state index is 0.111. The Kier molecular flexibility index (Phi) is 3.60. The molecule has 0 aliphatic carbocycles. The maximum atomic E-state index is 12.5. The fraction of sp³-hybridized carbons (Fsp3) is 0.533. The van der Waals surface area contributed by atoms with Crippen molar-refractivity contribution < 1.29 is 9.53 Å². The van der Waals surface area contributed by atoms with E-state index in [1.807, 2.05) is 24.3 Å². The number of nitrogens with two attached hydrogens (primary N) is 1. The van der Waals surface area contributed by atoms with Crippen LogP contribution in [0.15, 0.2) is 28.7 Å². The fourth-order valence-corrected chi connectivity index (χ4v) is 3.30. The van der Waals surface area contributed by atoms with E-state index in [9.17, 15) is 4.79 Å². The Labute approximate surface area is 127 Å². The number of nitrogens with one attached hydrogen (secondary N) is 1. The van der Waals surface area contributed by atoms with E-state index in [0.29, 0.717) is 6.10 Å². The first-order valence-corrected chi connectivity index (χ1v) is 7.77. The van der Waals surface area contributed by atoms with Crippen LogP contribution in [0.5, 0.6) is 0 Å². The molecule has 0 aromatic heterocycles. The number of rotatable bonds is 3. The van der Waals surface area contributed by atoms with Gasteiger partial charge in [-0.3, -0.25) is 4.79 Å². The number of amides is 1. The van der Waals surface area contributed by atoms with Crippen LogP contribution < -0.4 is 11.1 Å². The van der Waals surface area contributed by atoms with E-state index in [0.717, 1.165) is 29.3 Å². The lowest BCUT2D eigenvalue weighted by Crippen LogP contribution is -2.53. The molecule has 0 saturated carbocycles. The highest BCUT2D eigenvalue weighted by Gasteiger charge is 2.43. The van der Waals surface area contributed by atoms with Gasteiger partial charge in [-0.25, -0.2) is 0 Å². The molecular weight excluding hydrogens is 320 g/mol. The Morgan fingerprint density at radius 3 is 2.65 bits per heavy atom. The monoisotopic (exact) mass is 338 g/mol.